The van der Waals surface area contributed by atoms with Gasteiger partial charge in [-0.05, 0) is 17.7 Å². The van der Waals surface area contributed by atoms with Crippen molar-refractivity contribution in [1.82, 2.24) is 15.3 Å². The minimum Gasteiger partial charge on any atom is -0.508 e. The zero-order chi connectivity index (χ0) is 22.3. The zero-order valence-electron chi connectivity index (χ0n) is 17.5. The lowest BCUT2D eigenvalue weighted by Crippen LogP contribution is -2.38. The molecule has 2 aromatic carbocycles. The van der Waals surface area contributed by atoms with E-state index in [0.29, 0.717) is 50.3 Å². The van der Waals surface area contributed by atoms with Crippen LogP contribution in [0.3, 0.4) is 0 Å². The van der Waals surface area contributed by atoms with E-state index in [-0.39, 0.29) is 17.0 Å². The van der Waals surface area contributed by atoms with Gasteiger partial charge in [0.15, 0.2) is 0 Å². The minimum absolute atomic E-state index is 0.0869. The summed E-state index contributed by atoms with van der Waals surface area (Å²) in [6, 6.07) is 16.1. The molecule has 1 amide bonds. The third-order valence-corrected chi connectivity index (χ3v) is 5.07. The second-order valence-corrected chi connectivity index (χ2v) is 7.30. The summed E-state index contributed by atoms with van der Waals surface area (Å²) in [5, 5.41) is 25.8. The average molecular weight is 435 g/mol. The van der Waals surface area contributed by atoms with Gasteiger partial charge in [-0.15, -0.1) is 0 Å². The Morgan fingerprint density at radius 1 is 1.06 bits per heavy atom. The predicted molar refractivity (Wildman–Crippen MR) is 120 cm³/mol. The highest BCUT2D eigenvalue weighted by Crippen LogP contribution is 2.26. The number of aromatic hydroxyl groups is 1. The molecule has 1 saturated heterocycles. The third-order valence-electron chi connectivity index (χ3n) is 5.07. The lowest BCUT2D eigenvalue weighted by molar-refractivity contribution is 0.0942. The number of nitrogens with one attached hydrogen (secondary N) is 2. The number of amides is 1. The first-order valence-electron chi connectivity index (χ1n) is 10.4. The number of hydrogen-bond acceptors (Lipinski definition) is 8. The molecular weight excluding hydrogens is 410 g/mol. The summed E-state index contributed by atoms with van der Waals surface area (Å²) in [4.78, 5) is 24.1. The number of benzene rings is 2. The van der Waals surface area contributed by atoms with E-state index in [2.05, 4.69) is 20.6 Å². The molecule has 1 fully saturated rings. The van der Waals surface area contributed by atoms with Gasteiger partial charge in [-0.3, -0.25) is 4.79 Å². The summed E-state index contributed by atoms with van der Waals surface area (Å²) < 4.78 is 5.41. The number of aliphatic hydroxyl groups excluding tert-OH is 1. The summed E-state index contributed by atoms with van der Waals surface area (Å²) in [6.45, 7) is 2.16. The van der Waals surface area contributed by atoms with Crippen LogP contribution in [0.2, 0.25) is 0 Å². The molecule has 0 atom stereocenters. The number of carbonyl (C=O) groups is 1. The summed E-state index contributed by atoms with van der Waals surface area (Å²) in [7, 11) is 0. The zero-order valence-corrected chi connectivity index (χ0v) is 17.5. The Bertz CT molecular complexity index is 1070. The van der Waals surface area contributed by atoms with Crippen LogP contribution in [0, 0.1) is 0 Å². The molecule has 0 bridgehead atoms. The van der Waals surface area contributed by atoms with Crippen molar-refractivity contribution in [3.8, 4) is 5.75 Å². The standard InChI is InChI=1S/C23H25N5O4/c29-15-19-20(22(31)24-14-16-5-2-1-3-6-16)26-23(28-9-11-32-12-10-28)27-21(19)25-17-7-4-8-18(30)13-17/h1-8,13,29-30H,9-12,14-15H2,(H,24,31)(H,25,26,27). The van der Waals surface area contributed by atoms with Crippen molar-refractivity contribution in [3.63, 3.8) is 0 Å². The normalized spacial score (nSPS) is 13.6. The largest absolute Gasteiger partial charge is 0.508 e. The van der Waals surface area contributed by atoms with Crippen LogP contribution in [-0.4, -0.2) is 52.4 Å². The number of phenolic OH excluding ortho intramolecular Hbond substituents is 1. The van der Waals surface area contributed by atoms with Crippen molar-refractivity contribution in [2.45, 2.75) is 13.2 Å². The molecule has 1 aliphatic rings. The van der Waals surface area contributed by atoms with Crippen LogP contribution in [0.15, 0.2) is 54.6 Å². The fourth-order valence-corrected chi connectivity index (χ4v) is 3.40. The molecule has 4 N–H and O–H groups in total. The fraction of sp³-hybridized carbons (Fsp3) is 0.261. The number of nitrogens with zero attached hydrogens (tertiary/aromatic N) is 3. The van der Waals surface area contributed by atoms with Gasteiger partial charge in [0.05, 0.1) is 25.4 Å². The Balaban J connectivity index is 1.68. The van der Waals surface area contributed by atoms with Crippen molar-refractivity contribution in [2.75, 3.05) is 36.5 Å². The molecule has 0 spiro atoms. The van der Waals surface area contributed by atoms with Gasteiger partial charge < -0.3 is 30.5 Å². The van der Waals surface area contributed by atoms with Gasteiger partial charge in [-0.2, -0.15) is 4.98 Å². The van der Waals surface area contributed by atoms with E-state index >= 15 is 0 Å². The monoisotopic (exact) mass is 435 g/mol. The highest BCUT2D eigenvalue weighted by atomic mass is 16.5. The first kappa shape index (κ1) is 21.5. The Hall–Kier alpha value is -3.69. The number of anilines is 3. The van der Waals surface area contributed by atoms with Gasteiger partial charge in [-0.25, -0.2) is 4.98 Å². The van der Waals surface area contributed by atoms with Crippen LogP contribution in [0.5, 0.6) is 5.75 Å². The fourth-order valence-electron chi connectivity index (χ4n) is 3.40. The van der Waals surface area contributed by atoms with E-state index in [4.69, 9.17) is 4.74 Å². The van der Waals surface area contributed by atoms with Gasteiger partial charge in [0.2, 0.25) is 5.95 Å². The quantitative estimate of drug-likeness (QED) is 0.446. The molecule has 0 unspecified atom stereocenters. The smallest absolute Gasteiger partial charge is 0.270 e. The van der Waals surface area contributed by atoms with Crippen molar-refractivity contribution in [2.24, 2.45) is 0 Å². The van der Waals surface area contributed by atoms with E-state index in [1.54, 1.807) is 18.2 Å². The van der Waals surface area contributed by atoms with Crippen LogP contribution < -0.4 is 15.5 Å². The van der Waals surface area contributed by atoms with Crippen molar-refractivity contribution >= 4 is 23.4 Å². The summed E-state index contributed by atoms with van der Waals surface area (Å²) in [6.07, 6.45) is 0. The van der Waals surface area contributed by atoms with E-state index in [0.717, 1.165) is 5.56 Å². The molecule has 32 heavy (non-hydrogen) atoms. The molecule has 2 heterocycles. The number of phenols is 1. The summed E-state index contributed by atoms with van der Waals surface area (Å²) in [5.74, 6) is 0.357. The predicted octanol–water partition coefficient (Wildman–Crippen LogP) is 2.18. The van der Waals surface area contributed by atoms with E-state index in [9.17, 15) is 15.0 Å². The van der Waals surface area contributed by atoms with Crippen LogP contribution >= 0.6 is 0 Å². The highest BCUT2D eigenvalue weighted by molar-refractivity contribution is 5.95. The number of aromatic nitrogens is 2. The van der Waals surface area contributed by atoms with Crippen LogP contribution in [0.25, 0.3) is 0 Å². The molecule has 1 aromatic heterocycles. The van der Waals surface area contributed by atoms with Gasteiger partial charge in [-0.1, -0.05) is 36.4 Å². The average Bonchev–Trinajstić information content (AvgIpc) is 2.83. The summed E-state index contributed by atoms with van der Waals surface area (Å²) in [5.41, 5.74) is 1.90. The summed E-state index contributed by atoms with van der Waals surface area (Å²) >= 11 is 0. The van der Waals surface area contributed by atoms with Gasteiger partial charge in [0.25, 0.3) is 5.91 Å². The first-order valence-corrected chi connectivity index (χ1v) is 10.4. The lowest BCUT2D eigenvalue weighted by Gasteiger charge is -2.28. The third kappa shape index (κ3) is 5.13. The molecule has 9 heteroatoms. The maximum absolute atomic E-state index is 13.1. The number of ether oxygens (including phenoxy) is 1. The molecular formula is C23H25N5O4. The molecule has 166 valence electrons. The SMILES string of the molecule is O=C(NCc1ccccc1)c1nc(N2CCOCC2)nc(Nc2cccc(O)c2)c1CO. The van der Waals surface area contributed by atoms with E-state index in [1.165, 1.54) is 6.07 Å². The Kier molecular flexibility index (Phi) is 6.78. The second kappa shape index (κ2) is 10.1. The van der Waals surface area contributed by atoms with Crippen molar-refractivity contribution < 1.29 is 19.7 Å². The number of aliphatic hydroxyl groups is 1. The van der Waals surface area contributed by atoms with Gasteiger partial charge in [0.1, 0.15) is 17.3 Å². The maximum Gasteiger partial charge on any atom is 0.270 e. The van der Waals surface area contributed by atoms with Crippen LogP contribution in [-0.2, 0) is 17.9 Å². The van der Waals surface area contributed by atoms with Gasteiger partial charge >= 0.3 is 0 Å². The number of morpholine rings is 1. The Morgan fingerprint density at radius 3 is 2.56 bits per heavy atom. The molecule has 0 radical (unpaired) electrons. The van der Waals surface area contributed by atoms with Gasteiger partial charge in [0, 0.05) is 31.4 Å². The van der Waals surface area contributed by atoms with Crippen molar-refractivity contribution in [1.29, 1.82) is 0 Å². The van der Waals surface area contributed by atoms with E-state index in [1.807, 2.05) is 35.2 Å². The van der Waals surface area contributed by atoms with Crippen molar-refractivity contribution in [3.05, 3.63) is 71.4 Å². The maximum atomic E-state index is 13.1. The Morgan fingerprint density at radius 2 is 1.84 bits per heavy atom. The number of carbonyl (C=O) groups excluding carboxylic acids is 1. The van der Waals surface area contributed by atoms with E-state index < -0.39 is 12.5 Å². The number of rotatable bonds is 7. The van der Waals surface area contributed by atoms with Crippen LogP contribution in [0.4, 0.5) is 17.5 Å². The molecule has 0 saturated carbocycles. The first-order chi connectivity index (χ1) is 15.6. The minimum atomic E-state index is -0.432. The number of hydrogen-bond donors (Lipinski definition) is 4. The molecule has 9 nitrogen and oxygen atoms in total. The lowest BCUT2D eigenvalue weighted by atomic mass is 10.1. The molecule has 0 aliphatic carbocycles. The topological polar surface area (TPSA) is 120 Å². The highest BCUT2D eigenvalue weighted by Gasteiger charge is 2.23. The second-order valence-electron chi connectivity index (χ2n) is 7.30. The molecule has 1 aliphatic heterocycles. The Labute approximate surface area is 185 Å². The molecule has 4 rings (SSSR count). The molecule has 3 aromatic rings. The van der Waals surface area contributed by atoms with Crippen LogP contribution in [0.1, 0.15) is 21.6 Å².